The summed E-state index contributed by atoms with van der Waals surface area (Å²) < 4.78 is 6.73. The van der Waals surface area contributed by atoms with Crippen molar-refractivity contribution in [2.75, 3.05) is 13.7 Å². The van der Waals surface area contributed by atoms with Crippen molar-refractivity contribution in [1.29, 1.82) is 0 Å². The van der Waals surface area contributed by atoms with Gasteiger partial charge in [0, 0.05) is 12.7 Å². The van der Waals surface area contributed by atoms with Crippen LogP contribution in [0, 0.1) is 6.92 Å². The van der Waals surface area contributed by atoms with Crippen molar-refractivity contribution in [1.82, 2.24) is 9.72 Å². The lowest BCUT2D eigenvalue weighted by molar-refractivity contribution is 0.0524. The molecule has 29 heavy (non-hydrogen) atoms. The Morgan fingerprint density at radius 1 is 1.21 bits per heavy atom. The number of fused-ring (bicyclic) bond motifs is 1. The molecule has 0 spiro atoms. The van der Waals surface area contributed by atoms with Crippen molar-refractivity contribution in [3.05, 3.63) is 75.2 Å². The maximum Gasteiger partial charge on any atom is 0.343 e. The molecular formula is C24H26N2O3. The largest absolute Gasteiger partial charge is 0.462 e. The van der Waals surface area contributed by atoms with E-state index >= 15 is 0 Å². The summed E-state index contributed by atoms with van der Waals surface area (Å²) >= 11 is 0. The number of esters is 1. The van der Waals surface area contributed by atoms with E-state index in [4.69, 9.17) is 4.74 Å². The second kappa shape index (κ2) is 7.84. The number of hydrogen-bond acceptors (Lipinski definition) is 4. The summed E-state index contributed by atoms with van der Waals surface area (Å²) in [6.45, 7) is 4.88. The summed E-state index contributed by atoms with van der Waals surface area (Å²) in [4.78, 5) is 25.3. The summed E-state index contributed by atoms with van der Waals surface area (Å²) in [7, 11) is 1.93. The quantitative estimate of drug-likeness (QED) is 0.645. The van der Waals surface area contributed by atoms with Gasteiger partial charge in [0.15, 0.2) is 0 Å². The predicted molar refractivity (Wildman–Crippen MR) is 115 cm³/mol. The van der Waals surface area contributed by atoms with Gasteiger partial charge in [-0.3, -0.25) is 9.20 Å². The Kier molecular flexibility index (Phi) is 5.24. The maximum absolute atomic E-state index is 13.0. The van der Waals surface area contributed by atoms with Gasteiger partial charge < -0.3 is 10.1 Å². The van der Waals surface area contributed by atoms with Crippen LogP contribution in [0.3, 0.4) is 0 Å². The third-order valence-electron chi connectivity index (χ3n) is 5.57. The molecular weight excluding hydrogens is 364 g/mol. The van der Waals surface area contributed by atoms with Crippen LogP contribution in [0.5, 0.6) is 0 Å². The fourth-order valence-corrected chi connectivity index (χ4v) is 3.98. The first kappa shape index (κ1) is 19.4. The van der Waals surface area contributed by atoms with Crippen LogP contribution < -0.4 is 10.9 Å². The molecule has 3 aromatic rings. The van der Waals surface area contributed by atoms with Crippen molar-refractivity contribution in [3.8, 4) is 11.1 Å². The van der Waals surface area contributed by atoms with Crippen LogP contribution in [0.25, 0.3) is 16.6 Å². The van der Waals surface area contributed by atoms with E-state index in [1.165, 1.54) is 5.56 Å². The molecule has 1 aliphatic rings. The molecule has 1 aromatic carbocycles. The normalized spacial score (nSPS) is 13.6. The zero-order valence-corrected chi connectivity index (χ0v) is 17.1. The minimum Gasteiger partial charge on any atom is -0.462 e. The molecule has 150 valence electrons. The molecule has 2 aromatic heterocycles. The molecule has 1 aliphatic carbocycles. The van der Waals surface area contributed by atoms with E-state index < -0.39 is 5.97 Å². The minimum absolute atomic E-state index is 0.120. The van der Waals surface area contributed by atoms with Crippen LogP contribution >= 0.6 is 0 Å². The highest BCUT2D eigenvalue weighted by atomic mass is 16.5. The van der Waals surface area contributed by atoms with Gasteiger partial charge in [0.05, 0.1) is 12.1 Å². The summed E-state index contributed by atoms with van der Waals surface area (Å²) in [6, 6.07) is 12.2. The van der Waals surface area contributed by atoms with Gasteiger partial charge in [-0.15, -0.1) is 0 Å². The number of benzene rings is 1. The number of nitrogens with one attached hydrogen (secondary N) is 1. The third-order valence-corrected chi connectivity index (χ3v) is 5.57. The average molecular weight is 390 g/mol. The fourth-order valence-electron chi connectivity index (χ4n) is 3.98. The van der Waals surface area contributed by atoms with Crippen molar-refractivity contribution < 1.29 is 9.53 Å². The number of hydrogen-bond donors (Lipinski definition) is 1. The number of nitrogens with zero attached hydrogens (tertiary/aromatic N) is 1. The number of aryl methyl sites for hydroxylation is 1. The van der Waals surface area contributed by atoms with Crippen molar-refractivity contribution in [2.24, 2.45) is 0 Å². The SMILES string of the molecule is CCOC(=O)c1cc(C2CC2)c2c(C)c(-c3ccc(CNC)cc3)ccn2c1=O. The number of pyridine rings is 2. The highest BCUT2D eigenvalue weighted by molar-refractivity contribution is 5.91. The Morgan fingerprint density at radius 3 is 2.55 bits per heavy atom. The van der Waals surface area contributed by atoms with Crippen LogP contribution in [0.15, 0.2) is 47.4 Å². The lowest BCUT2D eigenvalue weighted by Crippen LogP contribution is -2.25. The van der Waals surface area contributed by atoms with E-state index in [1.807, 2.05) is 13.1 Å². The molecule has 5 heteroatoms. The molecule has 0 atom stereocenters. The first-order valence-corrected chi connectivity index (χ1v) is 10.1. The van der Waals surface area contributed by atoms with Crippen LogP contribution in [-0.2, 0) is 11.3 Å². The first-order chi connectivity index (χ1) is 14.0. The molecule has 0 radical (unpaired) electrons. The Hall–Kier alpha value is -2.92. The molecule has 4 rings (SSSR count). The minimum atomic E-state index is -0.546. The molecule has 0 bridgehead atoms. The maximum atomic E-state index is 13.0. The van der Waals surface area contributed by atoms with E-state index in [-0.39, 0.29) is 17.7 Å². The highest BCUT2D eigenvalue weighted by Gasteiger charge is 2.29. The van der Waals surface area contributed by atoms with E-state index in [0.29, 0.717) is 5.92 Å². The predicted octanol–water partition coefficient (Wildman–Crippen LogP) is 4.05. The van der Waals surface area contributed by atoms with E-state index in [1.54, 1.807) is 23.6 Å². The Morgan fingerprint density at radius 2 is 1.93 bits per heavy atom. The fraction of sp³-hybridized carbons (Fsp3) is 0.333. The zero-order chi connectivity index (χ0) is 20.5. The number of carbonyl (C=O) groups is 1. The number of rotatable bonds is 6. The molecule has 0 saturated heterocycles. The van der Waals surface area contributed by atoms with Crippen LogP contribution in [0.1, 0.15) is 52.7 Å². The molecule has 0 aliphatic heterocycles. The average Bonchev–Trinajstić information content (AvgIpc) is 3.55. The zero-order valence-electron chi connectivity index (χ0n) is 17.1. The highest BCUT2D eigenvalue weighted by Crippen LogP contribution is 2.43. The van der Waals surface area contributed by atoms with E-state index in [2.05, 4.69) is 36.5 Å². The standard InChI is InChI=1S/C24H26N2O3/c1-4-29-24(28)21-13-20(18-9-10-18)22-15(2)19(11-12-26(22)23(21)27)17-7-5-16(6-8-17)14-25-3/h5-8,11-13,18,25H,4,9-10,14H2,1-3H3. The van der Waals surface area contributed by atoms with Crippen molar-refractivity contribution in [2.45, 2.75) is 39.2 Å². The topological polar surface area (TPSA) is 59.8 Å². The van der Waals surface area contributed by atoms with Crippen LogP contribution in [0.2, 0.25) is 0 Å². The van der Waals surface area contributed by atoms with Gasteiger partial charge in [-0.1, -0.05) is 24.3 Å². The van der Waals surface area contributed by atoms with Crippen LogP contribution in [0.4, 0.5) is 0 Å². The van der Waals surface area contributed by atoms with Gasteiger partial charge in [-0.25, -0.2) is 4.79 Å². The Balaban J connectivity index is 1.89. The summed E-state index contributed by atoms with van der Waals surface area (Å²) in [5, 5.41) is 3.16. The van der Waals surface area contributed by atoms with Gasteiger partial charge >= 0.3 is 5.97 Å². The number of aromatic nitrogens is 1. The van der Waals surface area contributed by atoms with Gasteiger partial charge in [0.2, 0.25) is 0 Å². The van der Waals surface area contributed by atoms with Crippen LogP contribution in [-0.4, -0.2) is 24.0 Å². The summed E-state index contributed by atoms with van der Waals surface area (Å²) in [6.07, 6.45) is 3.95. The van der Waals surface area contributed by atoms with Gasteiger partial charge in [-0.05, 0) is 79.6 Å². The van der Waals surface area contributed by atoms with Gasteiger partial charge in [-0.2, -0.15) is 0 Å². The van der Waals surface area contributed by atoms with E-state index in [0.717, 1.165) is 47.2 Å². The number of ether oxygens (including phenoxy) is 1. The lowest BCUT2D eigenvalue weighted by Gasteiger charge is -2.16. The van der Waals surface area contributed by atoms with Crippen molar-refractivity contribution >= 4 is 11.5 Å². The summed E-state index contributed by atoms with van der Waals surface area (Å²) in [5.41, 5.74) is 6.30. The second-order valence-electron chi connectivity index (χ2n) is 7.61. The second-order valence-corrected chi connectivity index (χ2v) is 7.61. The van der Waals surface area contributed by atoms with Gasteiger partial charge in [0.1, 0.15) is 5.56 Å². The van der Waals surface area contributed by atoms with Gasteiger partial charge in [0.25, 0.3) is 5.56 Å². The summed E-state index contributed by atoms with van der Waals surface area (Å²) in [5.74, 6) is -0.151. The Labute approximate surface area is 170 Å². The molecule has 0 unspecified atom stereocenters. The van der Waals surface area contributed by atoms with E-state index in [9.17, 15) is 9.59 Å². The smallest absolute Gasteiger partial charge is 0.343 e. The monoisotopic (exact) mass is 390 g/mol. The molecule has 1 fully saturated rings. The lowest BCUT2D eigenvalue weighted by atomic mass is 9.96. The molecule has 1 saturated carbocycles. The number of carbonyl (C=O) groups excluding carboxylic acids is 1. The third kappa shape index (κ3) is 3.58. The molecule has 2 heterocycles. The molecule has 5 nitrogen and oxygen atoms in total. The molecule has 1 N–H and O–H groups in total. The molecule has 0 amide bonds. The first-order valence-electron chi connectivity index (χ1n) is 10.1. The Bertz CT molecular complexity index is 1130. The van der Waals surface area contributed by atoms with Crippen molar-refractivity contribution in [3.63, 3.8) is 0 Å².